The van der Waals surface area contributed by atoms with Crippen LogP contribution >= 0.6 is 0 Å². The molecule has 0 aliphatic carbocycles. The van der Waals surface area contributed by atoms with E-state index in [1.54, 1.807) is 15.7 Å². The SMILES string of the molecule is Cc1ccn(-c2ccc(C(=O)N3CC4=CC=CN(O)C4=Nc4ccccc43)c(C)c2)n1. The highest BCUT2D eigenvalue weighted by Crippen LogP contribution is 2.35. The number of para-hydroxylation sites is 2. The van der Waals surface area contributed by atoms with Crippen LogP contribution in [0.4, 0.5) is 11.4 Å². The summed E-state index contributed by atoms with van der Waals surface area (Å²) in [4.78, 5) is 20.0. The van der Waals surface area contributed by atoms with E-state index in [1.165, 1.54) is 6.20 Å². The zero-order chi connectivity index (χ0) is 21.5. The normalized spacial score (nSPS) is 15.1. The molecule has 0 radical (unpaired) electrons. The maximum atomic E-state index is 13.7. The lowest BCUT2D eigenvalue weighted by atomic mass is 10.0. The van der Waals surface area contributed by atoms with E-state index in [2.05, 4.69) is 10.1 Å². The van der Waals surface area contributed by atoms with Gasteiger partial charge in [-0.25, -0.2) is 14.7 Å². The van der Waals surface area contributed by atoms with Gasteiger partial charge in [-0.1, -0.05) is 18.2 Å². The number of anilines is 1. The zero-order valence-corrected chi connectivity index (χ0v) is 17.2. The first-order valence-corrected chi connectivity index (χ1v) is 10.00. The lowest BCUT2D eigenvalue weighted by molar-refractivity contribution is 0.0373. The fourth-order valence-corrected chi connectivity index (χ4v) is 3.85. The van der Waals surface area contributed by atoms with Gasteiger partial charge in [-0.05, 0) is 61.9 Å². The Morgan fingerprint density at radius 1 is 1.10 bits per heavy atom. The molecule has 1 N–H and O–H groups in total. The number of allylic oxidation sites excluding steroid dienone is 2. The van der Waals surface area contributed by atoms with Crippen molar-refractivity contribution in [2.45, 2.75) is 13.8 Å². The Kier molecular flexibility index (Phi) is 4.52. The lowest BCUT2D eigenvalue weighted by Crippen LogP contribution is -2.36. The van der Waals surface area contributed by atoms with Gasteiger partial charge < -0.3 is 4.90 Å². The minimum absolute atomic E-state index is 0.121. The maximum absolute atomic E-state index is 13.7. The third-order valence-electron chi connectivity index (χ3n) is 5.43. The predicted molar refractivity (Wildman–Crippen MR) is 119 cm³/mol. The lowest BCUT2D eigenvalue weighted by Gasteiger charge is -2.25. The summed E-state index contributed by atoms with van der Waals surface area (Å²) in [6.07, 6.45) is 7.04. The summed E-state index contributed by atoms with van der Waals surface area (Å²) in [5, 5.41) is 15.7. The predicted octanol–water partition coefficient (Wildman–Crippen LogP) is 4.32. The highest BCUT2D eigenvalue weighted by molar-refractivity contribution is 6.12. The minimum atomic E-state index is -0.121. The Morgan fingerprint density at radius 3 is 2.71 bits per heavy atom. The molecular formula is C24H21N5O2. The van der Waals surface area contributed by atoms with Crippen LogP contribution in [0.3, 0.4) is 0 Å². The molecule has 2 aromatic carbocycles. The second-order valence-corrected chi connectivity index (χ2v) is 7.59. The number of aromatic nitrogens is 2. The molecule has 3 heterocycles. The van der Waals surface area contributed by atoms with E-state index in [0.29, 0.717) is 29.3 Å². The van der Waals surface area contributed by atoms with Crippen LogP contribution in [-0.2, 0) is 0 Å². The van der Waals surface area contributed by atoms with Gasteiger partial charge in [0.25, 0.3) is 5.91 Å². The number of aryl methyl sites for hydroxylation is 2. The first-order valence-electron chi connectivity index (χ1n) is 10.00. The van der Waals surface area contributed by atoms with Crippen LogP contribution in [0.15, 0.2) is 83.6 Å². The topological polar surface area (TPSA) is 74.0 Å². The third-order valence-corrected chi connectivity index (χ3v) is 5.43. The first kappa shape index (κ1) is 19.0. The molecule has 2 aliphatic rings. The molecule has 0 saturated carbocycles. The molecule has 7 heteroatoms. The quantitative estimate of drug-likeness (QED) is 0.681. The zero-order valence-electron chi connectivity index (χ0n) is 17.2. The molecule has 0 fully saturated rings. The van der Waals surface area contributed by atoms with Gasteiger partial charge in [-0.2, -0.15) is 5.10 Å². The fraction of sp³-hybridized carbons (Fsp3) is 0.125. The molecule has 5 rings (SSSR count). The van der Waals surface area contributed by atoms with Crippen molar-refractivity contribution in [1.82, 2.24) is 14.8 Å². The van der Waals surface area contributed by atoms with Gasteiger partial charge in [-0.3, -0.25) is 10.0 Å². The molecule has 3 aromatic rings. The number of amidine groups is 1. The number of hydroxylamine groups is 2. The van der Waals surface area contributed by atoms with E-state index in [1.807, 2.05) is 74.7 Å². The number of benzene rings is 2. The van der Waals surface area contributed by atoms with Gasteiger partial charge in [0.1, 0.15) is 0 Å². The van der Waals surface area contributed by atoms with E-state index in [0.717, 1.165) is 27.6 Å². The number of carbonyl (C=O) groups excluding carboxylic acids is 1. The van der Waals surface area contributed by atoms with E-state index >= 15 is 0 Å². The standard InChI is InChI=1S/C24H21N5O2/c1-16-14-19(28-13-11-17(2)26-28)9-10-20(16)24(30)27-15-18-6-5-12-29(31)23(18)25-21-7-3-4-8-22(21)27/h3-14,31H,15H2,1-2H3. The number of amides is 1. The second kappa shape index (κ2) is 7.37. The third kappa shape index (κ3) is 3.35. The Hall–Kier alpha value is -3.97. The van der Waals surface area contributed by atoms with Gasteiger partial charge in [0.05, 0.1) is 29.3 Å². The molecule has 0 spiro atoms. The van der Waals surface area contributed by atoms with Crippen molar-refractivity contribution in [2.75, 3.05) is 11.4 Å². The van der Waals surface area contributed by atoms with Gasteiger partial charge in [-0.15, -0.1) is 0 Å². The number of hydrogen-bond acceptors (Lipinski definition) is 5. The highest BCUT2D eigenvalue weighted by atomic mass is 16.5. The van der Waals surface area contributed by atoms with E-state index in [4.69, 9.17) is 0 Å². The molecule has 0 saturated heterocycles. The van der Waals surface area contributed by atoms with E-state index < -0.39 is 0 Å². The summed E-state index contributed by atoms with van der Waals surface area (Å²) in [6.45, 7) is 4.17. The van der Waals surface area contributed by atoms with Crippen molar-refractivity contribution in [1.29, 1.82) is 0 Å². The summed E-state index contributed by atoms with van der Waals surface area (Å²) in [5.74, 6) is 0.302. The van der Waals surface area contributed by atoms with Crippen molar-refractivity contribution in [3.63, 3.8) is 0 Å². The second-order valence-electron chi connectivity index (χ2n) is 7.59. The van der Waals surface area contributed by atoms with Crippen LogP contribution in [0.1, 0.15) is 21.6 Å². The minimum Gasteiger partial charge on any atom is -0.302 e. The van der Waals surface area contributed by atoms with Crippen LogP contribution in [0, 0.1) is 13.8 Å². The summed E-state index contributed by atoms with van der Waals surface area (Å²) in [5.41, 5.74) is 5.40. The molecular weight excluding hydrogens is 390 g/mol. The average Bonchev–Trinajstić information content (AvgIpc) is 3.12. The van der Waals surface area contributed by atoms with E-state index in [9.17, 15) is 10.0 Å². The highest BCUT2D eigenvalue weighted by Gasteiger charge is 2.29. The summed E-state index contributed by atoms with van der Waals surface area (Å²) >= 11 is 0. The Bertz CT molecular complexity index is 1280. The van der Waals surface area contributed by atoms with Crippen LogP contribution in [0.2, 0.25) is 0 Å². The summed E-state index contributed by atoms with van der Waals surface area (Å²) in [6, 6.07) is 15.1. The monoisotopic (exact) mass is 411 g/mol. The van der Waals surface area contributed by atoms with Crippen molar-refractivity contribution in [2.24, 2.45) is 4.99 Å². The number of hydrogen-bond donors (Lipinski definition) is 1. The number of fused-ring (bicyclic) bond motifs is 2. The smallest absolute Gasteiger partial charge is 0.258 e. The molecule has 154 valence electrons. The number of aliphatic imine (C=N–C) groups is 1. The van der Waals surface area contributed by atoms with Crippen molar-refractivity contribution < 1.29 is 10.0 Å². The Labute approximate surface area is 179 Å². The van der Waals surface area contributed by atoms with Crippen LogP contribution in [0.5, 0.6) is 0 Å². The molecule has 0 bridgehead atoms. The van der Waals surface area contributed by atoms with Crippen LogP contribution in [-0.4, -0.2) is 38.3 Å². The van der Waals surface area contributed by atoms with E-state index in [-0.39, 0.29) is 5.91 Å². The molecule has 2 aliphatic heterocycles. The van der Waals surface area contributed by atoms with Crippen molar-refractivity contribution in [3.05, 3.63) is 95.5 Å². The Morgan fingerprint density at radius 2 is 1.94 bits per heavy atom. The fourth-order valence-electron chi connectivity index (χ4n) is 3.85. The van der Waals surface area contributed by atoms with Crippen molar-refractivity contribution >= 4 is 23.1 Å². The molecule has 0 atom stereocenters. The van der Waals surface area contributed by atoms with Crippen LogP contribution < -0.4 is 4.90 Å². The van der Waals surface area contributed by atoms with Gasteiger partial charge in [0.2, 0.25) is 0 Å². The van der Waals surface area contributed by atoms with Gasteiger partial charge in [0, 0.05) is 23.5 Å². The van der Waals surface area contributed by atoms with Crippen molar-refractivity contribution in [3.8, 4) is 5.69 Å². The summed E-state index contributed by atoms with van der Waals surface area (Å²) < 4.78 is 1.80. The molecule has 31 heavy (non-hydrogen) atoms. The molecule has 0 unspecified atom stereocenters. The first-order chi connectivity index (χ1) is 15.0. The average molecular weight is 411 g/mol. The number of rotatable bonds is 2. The Balaban J connectivity index is 1.55. The van der Waals surface area contributed by atoms with Gasteiger partial charge >= 0.3 is 0 Å². The molecule has 1 aromatic heterocycles. The van der Waals surface area contributed by atoms with Crippen LogP contribution in [0.25, 0.3) is 5.69 Å². The largest absolute Gasteiger partial charge is 0.302 e. The number of carbonyl (C=O) groups is 1. The maximum Gasteiger partial charge on any atom is 0.258 e. The molecule has 1 amide bonds. The summed E-state index contributed by atoms with van der Waals surface area (Å²) in [7, 11) is 0. The van der Waals surface area contributed by atoms with Gasteiger partial charge in [0.15, 0.2) is 5.84 Å². The molecule has 7 nitrogen and oxygen atoms in total. The number of nitrogens with zero attached hydrogens (tertiary/aromatic N) is 5.